The minimum Gasteiger partial charge on any atom is -0.464 e. The molecule has 0 rings (SSSR count). The van der Waals surface area contributed by atoms with Gasteiger partial charge in [0.05, 0.1) is 6.61 Å². The molecule has 0 aromatic heterocycles. The number of hydrogen-bond donors (Lipinski definition) is 1. The Morgan fingerprint density at radius 2 is 1.80 bits per heavy atom. The summed E-state index contributed by atoms with van der Waals surface area (Å²) in [5.41, 5.74) is -1.31. The van der Waals surface area contributed by atoms with E-state index in [1.165, 1.54) is 6.92 Å². The van der Waals surface area contributed by atoms with Gasteiger partial charge in [-0.1, -0.05) is 13.8 Å². The molecule has 20 heavy (non-hydrogen) atoms. The average molecular weight is 299 g/mol. The summed E-state index contributed by atoms with van der Waals surface area (Å²) < 4.78 is 44.7. The Morgan fingerprint density at radius 3 is 2.20 bits per heavy atom. The largest absolute Gasteiger partial charge is 0.464 e. The van der Waals surface area contributed by atoms with Crippen LogP contribution < -0.4 is 5.32 Å². The lowest BCUT2D eigenvalue weighted by Gasteiger charge is -2.32. The van der Waals surface area contributed by atoms with Crippen molar-refractivity contribution >= 4 is 11.9 Å². The maximum absolute atomic E-state index is 11.9. The van der Waals surface area contributed by atoms with E-state index in [2.05, 4.69) is 10.1 Å². The van der Waals surface area contributed by atoms with Crippen LogP contribution in [-0.4, -0.2) is 43.4 Å². The topological polar surface area (TPSA) is 64.6 Å². The number of carbonyl (C=O) groups excluding carboxylic acids is 2. The van der Waals surface area contributed by atoms with Crippen LogP contribution in [0.5, 0.6) is 0 Å². The minimum atomic E-state index is -4.50. The van der Waals surface area contributed by atoms with Crippen LogP contribution in [0.4, 0.5) is 13.2 Å². The number of carbonyl (C=O) groups is 2. The van der Waals surface area contributed by atoms with Crippen molar-refractivity contribution in [2.75, 3.05) is 19.8 Å². The van der Waals surface area contributed by atoms with Gasteiger partial charge in [-0.3, -0.25) is 4.79 Å². The highest BCUT2D eigenvalue weighted by Crippen LogP contribution is 2.19. The molecule has 8 heteroatoms. The molecule has 0 bridgehead atoms. The number of ether oxygens (including phenoxy) is 2. The molecule has 0 fully saturated rings. The normalized spacial score (nSPS) is 14.8. The van der Waals surface area contributed by atoms with Gasteiger partial charge in [-0.05, 0) is 19.8 Å². The van der Waals surface area contributed by atoms with Gasteiger partial charge in [-0.15, -0.1) is 0 Å². The Morgan fingerprint density at radius 1 is 1.25 bits per heavy atom. The van der Waals surface area contributed by atoms with Crippen molar-refractivity contribution in [3.05, 3.63) is 0 Å². The molecule has 0 heterocycles. The zero-order valence-corrected chi connectivity index (χ0v) is 12.0. The molecule has 0 aromatic rings. The molecule has 0 aromatic carbocycles. The van der Waals surface area contributed by atoms with E-state index in [0.717, 1.165) is 0 Å². The van der Waals surface area contributed by atoms with Crippen LogP contribution in [-0.2, 0) is 19.1 Å². The maximum atomic E-state index is 11.9. The second-order valence-electron chi connectivity index (χ2n) is 4.73. The van der Waals surface area contributed by atoms with Crippen LogP contribution in [0.2, 0.25) is 0 Å². The van der Waals surface area contributed by atoms with E-state index in [1.54, 1.807) is 20.8 Å². The lowest BCUT2D eigenvalue weighted by molar-refractivity contribution is -0.177. The molecule has 1 amide bonds. The highest BCUT2D eigenvalue weighted by Gasteiger charge is 2.39. The quantitative estimate of drug-likeness (QED) is 0.726. The van der Waals surface area contributed by atoms with Gasteiger partial charge in [0, 0.05) is 0 Å². The summed E-state index contributed by atoms with van der Waals surface area (Å²) in [6.07, 6.45) is -4.50. The second-order valence-corrected chi connectivity index (χ2v) is 4.73. The van der Waals surface area contributed by atoms with Crippen LogP contribution in [0.25, 0.3) is 0 Å². The molecule has 0 saturated heterocycles. The molecule has 0 aliphatic carbocycles. The number of esters is 1. The smallest absolute Gasteiger partial charge is 0.411 e. The van der Waals surface area contributed by atoms with E-state index < -0.39 is 36.8 Å². The molecule has 5 nitrogen and oxygen atoms in total. The molecule has 118 valence electrons. The minimum absolute atomic E-state index is 0.140. The van der Waals surface area contributed by atoms with Crippen molar-refractivity contribution in [3.8, 4) is 0 Å². The molecule has 1 atom stereocenters. The Kier molecular flexibility index (Phi) is 6.98. The molecule has 0 radical (unpaired) electrons. The van der Waals surface area contributed by atoms with Crippen molar-refractivity contribution in [1.29, 1.82) is 0 Å². The first kappa shape index (κ1) is 18.7. The standard InChI is InChI=1S/C12H20F3NO4/c1-5-20-10(18)11(4,8(2)3)16-9(17)6-19-7-12(13,14)15/h8H,5-7H2,1-4H3,(H,16,17). The molecule has 1 N–H and O–H groups in total. The summed E-state index contributed by atoms with van der Waals surface area (Å²) in [4.78, 5) is 23.4. The number of hydrogen-bond acceptors (Lipinski definition) is 4. The third-order valence-electron chi connectivity index (χ3n) is 2.75. The van der Waals surface area contributed by atoms with Gasteiger partial charge in [-0.25, -0.2) is 4.79 Å². The van der Waals surface area contributed by atoms with Crippen LogP contribution in [0.15, 0.2) is 0 Å². The fraction of sp³-hybridized carbons (Fsp3) is 0.833. The molecule has 0 spiro atoms. The third-order valence-corrected chi connectivity index (χ3v) is 2.75. The number of nitrogens with one attached hydrogen (secondary N) is 1. The Labute approximate surface area is 115 Å². The van der Waals surface area contributed by atoms with E-state index in [1.807, 2.05) is 0 Å². The van der Waals surface area contributed by atoms with Crippen molar-refractivity contribution in [2.45, 2.75) is 39.4 Å². The number of halogens is 3. The lowest BCUT2D eigenvalue weighted by Crippen LogP contribution is -2.57. The van der Waals surface area contributed by atoms with Gasteiger partial charge < -0.3 is 14.8 Å². The highest BCUT2D eigenvalue weighted by atomic mass is 19.4. The molecule has 0 saturated carbocycles. The van der Waals surface area contributed by atoms with Crippen LogP contribution in [0.1, 0.15) is 27.7 Å². The Bertz CT molecular complexity index is 344. The molecular weight excluding hydrogens is 279 g/mol. The van der Waals surface area contributed by atoms with Gasteiger partial charge in [0.1, 0.15) is 18.8 Å². The number of amides is 1. The molecule has 0 aliphatic heterocycles. The molecule has 1 unspecified atom stereocenters. The fourth-order valence-electron chi connectivity index (χ4n) is 1.30. The number of alkyl halides is 3. The lowest BCUT2D eigenvalue weighted by atomic mass is 9.88. The van der Waals surface area contributed by atoms with Crippen molar-refractivity contribution < 1.29 is 32.2 Å². The van der Waals surface area contributed by atoms with Gasteiger partial charge in [-0.2, -0.15) is 13.2 Å². The first-order valence-corrected chi connectivity index (χ1v) is 6.15. The first-order chi connectivity index (χ1) is 9.03. The van der Waals surface area contributed by atoms with Crippen LogP contribution >= 0.6 is 0 Å². The summed E-state index contributed by atoms with van der Waals surface area (Å²) in [7, 11) is 0. The Hall–Kier alpha value is -1.31. The summed E-state index contributed by atoms with van der Waals surface area (Å²) in [5.74, 6) is -1.74. The van der Waals surface area contributed by atoms with Gasteiger partial charge >= 0.3 is 12.1 Å². The van der Waals surface area contributed by atoms with E-state index in [-0.39, 0.29) is 12.5 Å². The Balaban J connectivity index is 4.53. The summed E-state index contributed by atoms with van der Waals surface area (Å²) >= 11 is 0. The molecular formula is C12H20F3NO4. The average Bonchev–Trinajstić information content (AvgIpc) is 2.26. The highest BCUT2D eigenvalue weighted by molar-refractivity contribution is 5.88. The van der Waals surface area contributed by atoms with Crippen LogP contribution in [0, 0.1) is 5.92 Å². The predicted octanol–water partition coefficient (Wildman–Crippen LogP) is 1.66. The SMILES string of the molecule is CCOC(=O)C(C)(NC(=O)COCC(F)(F)F)C(C)C. The second kappa shape index (κ2) is 7.47. The van der Waals surface area contributed by atoms with Crippen LogP contribution in [0.3, 0.4) is 0 Å². The third kappa shape index (κ3) is 6.23. The van der Waals surface area contributed by atoms with Gasteiger partial charge in [0.2, 0.25) is 5.91 Å². The van der Waals surface area contributed by atoms with Crippen molar-refractivity contribution in [3.63, 3.8) is 0 Å². The summed E-state index contributed by atoms with van der Waals surface area (Å²) in [5, 5.41) is 2.36. The van der Waals surface area contributed by atoms with E-state index in [4.69, 9.17) is 4.74 Å². The zero-order valence-electron chi connectivity index (χ0n) is 12.0. The fourth-order valence-corrected chi connectivity index (χ4v) is 1.30. The van der Waals surface area contributed by atoms with Gasteiger partial charge in [0.15, 0.2) is 0 Å². The maximum Gasteiger partial charge on any atom is 0.411 e. The van der Waals surface area contributed by atoms with Gasteiger partial charge in [0.25, 0.3) is 0 Å². The van der Waals surface area contributed by atoms with Crippen molar-refractivity contribution in [1.82, 2.24) is 5.32 Å². The van der Waals surface area contributed by atoms with E-state index in [9.17, 15) is 22.8 Å². The summed E-state index contributed by atoms with van der Waals surface area (Å²) in [6, 6.07) is 0. The first-order valence-electron chi connectivity index (χ1n) is 6.15. The number of rotatable bonds is 7. The van der Waals surface area contributed by atoms with Crippen molar-refractivity contribution in [2.24, 2.45) is 5.92 Å². The summed E-state index contributed by atoms with van der Waals surface area (Å²) in [6.45, 7) is 4.30. The predicted molar refractivity (Wildman–Crippen MR) is 64.9 cm³/mol. The molecule has 0 aliphatic rings. The van der Waals surface area contributed by atoms with E-state index in [0.29, 0.717) is 0 Å². The monoisotopic (exact) mass is 299 g/mol. The van der Waals surface area contributed by atoms with E-state index >= 15 is 0 Å². The zero-order chi connectivity index (χ0) is 16.0.